The molecule has 256 valence electrons. The van der Waals surface area contributed by atoms with Gasteiger partial charge >= 0.3 is 36.7 Å². The number of nitro groups is 1. The van der Waals surface area contributed by atoms with Gasteiger partial charge in [0.2, 0.25) is 11.6 Å². The van der Waals surface area contributed by atoms with E-state index in [0.717, 1.165) is 0 Å². The van der Waals surface area contributed by atoms with Gasteiger partial charge in [0.25, 0.3) is 5.69 Å². The number of aromatic nitrogens is 2. The molecule has 8 rings (SSSR count). The number of hydrogen-bond acceptors (Lipinski definition) is 9. The van der Waals surface area contributed by atoms with E-state index in [2.05, 4.69) is 20.0 Å². The molecule has 0 bridgehead atoms. The van der Waals surface area contributed by atoms with Gasteiger partial charge in [-0.2, -0.15) is 0 Å². The number of nitrogens with two attached hydrogens (primary N) is 1. The fraction of sp³-hybridized carbons (Fsp3) is 0.0303. The number of aromatic amines is 2. The van der Waals surface area contributed by atoms with E-state index in [1.54, 1.807) is 60.7 Å². The standard InChI is InChI=1S/C16H9N3O4.C16H11N3O2.CH4.2ClH.2H2O.Sn/c20-15-9-3-1-2-4-11(9)17-14(15)13-10-7-8(19(22)23)5-6-12(10)18-16(13)21;17-8-5-6-12-10(7-8)13(16(21)19-12)14-15(20)9-3-1-2-4-11(9)18-14;;;;;;/h1-7,18,21H;1-7,19,21H,17H2;1H4;2*1H;2*1H2;/q;;;;;;;+2/p-2. The van der Waals surface area contributed by atoms with Gasteiger partial charge in [0, 0.05) is 50.8 Å². The summed E-state index contributed by atoms with van der Waals surface area (Å²) in [5, 5.41) is 32.4. The second-order valence-electron chi connectivity index (χ2n) is 10.2. The van der Waals surface area contributed by atoms with Crippen molar-refractivity contribution in [3.05, 3.63) is 117 Å². The number of nitrogens with one attached hydrogen (secondary N) is 2. The van der Waals surface area contributed by atoms with Gasteiger partial charge in [-0.25, -0.2) is 9.98 Å². The third-order valence-electron chi connectivity index (χ3n) is 7.44. The number of Topliss-reactive ketones (excluding diaryl/α,β-unsaturated/α-hetero) is 2. The number of ketones is 2. The van der Waals surface area contributed by atoms with Gasteiger partial charge in [0.05, 0.1) is 27.4 Å². The number of anilines is 1. The number of nitrogen functional groups attached to an aromatic ring is 1. The number of aliphatic imine (C=N–C) groups is 2. The quantitative estimate of drug-likeness (QED) is 0.0628. The molecule has 14 nitrogen and oxygen atoms in total. The normalized spacial score (nSPS) is 12.1. The Balaban J connectivity index is 0.000000238. The molecule has 0 aliphatic carbocycles. The number of rotatable bonds is 3. The molecule has 0 unspecified atom stereocenters. The van der Waals surface area contributed by atoms with E-state index >= 15 is 0 Å². The van der Waals surface area contributed by atoms with E-state index in [0.29, 0.717) is 55.6 Å². The zero-order chi connectivity index (χ0) is 33.4. The molecular weight excluding hydrogens is 798 g/mol. The van der Waals surface area contributed by atoms with Crippen LogP contribution in [0.15, 0.2) is 94.9 Å². The first-order chi connectivity index (χ1) is 22.6. The summed E-state index contributed by atoms with van der Waals surface area (Å²) in [6.45, 7) is 0. The number of para-hydroxylation sites is 2. The molecule has 2 aliphatic heterocycles. The Morgan fingerprint density at radius 3 is 1.58 bits per heavy atom. The number of nitrogens with zero attached hydrogens (tertiary/aromatic N) is 3. The Hall–Kier alpha value is -5.26. The molecule has 0 atom stereocenters. The molecule has 2 aliphatic rings. The molecule has 17 heteroatoms. The van der Waals surface area contributed by atoms with Crippen molar-refractivity contribution in [1.29, 1.82) is 0 Å². The Labute approximate surface area is 300 Å². The van der Waals surface area contributed by atoms with Crippen LogP contribution < -0.4 is 5.73 Å². The number of fused-ring (bicyclic) bond motifs is 4. The van der Waals surface area contributed by atoms with Crippen LogP contribution in [0.3, 0.4) is 0 Å². The van der Waals surface area contributed by atoms with Crippen molar-refractivity contribution in [3.8, 4) is 11.8 Å². The van der Waals surface area contributed by atoms with Crippen LogP contribution >= 0.6 is 17.8 Å². The number of nitro benzene ring substituents is 1. The second kappa shape index (κ2) is 16.0. The number of aromatic hydroxyl groups is 2. The van der Waals surface area contributed by atoms with E-state index in [1.165, 1.54) is 18.2 Å². The molecule has 0 fully saturated rings. The van der Waals surface area contributed by atoms with Gasteiger partial charge in [0.15, 0.2) is 11.8 Å². The summed E-state index contributed by atoms with van der Waals surface area (Å²) >= 11 is -0.826. The average Bonchev–Trinajstić information content (AvgIpc) is 3.76. The summed E-state index contributed by atoms with van der Waals surface area (Å²) in [5.74, 6) is -0.816. The van der Waals surface area contributed by atoms with Gasteiger partial charge in [-0.1, -0.05) is 31.7 Å². The minimum absolute atomic E-state index is 0. The second-order valence-corrected chi connectivity index (χ2v) is 14.4. The molecule has 4 heterocycles. The molecule has 10 N–H and O–H groups in total. The van der Waals surface area contributed by atoms with Crippen molar-refractivity contribution in [2.24, 2.45) is 9.98 Å². The molecule has 50 heavy (non-hydrogen) atoms. The van der Waals surface area contributed by atoms with Crippen LogP contribution in [-0.2, 0) is 0 Å². The molecule has 6 aromatic rings. The van der Waals surface area contributed by atoms with Crippen molar-refractivity contribution >= 4 is 104 Å². The number of carbonyl (C=O) groups is 2. The van der Waals surface area contributed by atoms with Gasteiger partial charge in [0.1, 0.15) is 11.4 Å². The average molecular weight is 826 g/mol. The summed E-state index contributed by atoms with van der Waals surface area (Å²) < 4.78 is 0. The third-order valence-corrected chi connectivity index (χ3v) is 7.44. The van der Waals surface area contributed by atoms with Crippen molar-refractivity contribution in [2.45, 2.75) is 7.43 Å². The predicted octanol–water partition coefficient (Wildman–Crippen LogP) is 5.86. The maximum atomic E-state index is 12.5. The SMILES string of the molecule is C.Nc1ccc2[nH]c(O)c(C3=Nc4ccccc4C3=O)c2c1.O.O.O=C1C(c2c(O)[nH]c3ccc([N+](=O)[O-])cc23)=Nc2ccccc21.[Cl][Sn][Cl]. The van der Waals surface area contributed by atoms with E-state index in [4.69, 9.17) is 23.6 Å². The number of non-ortho nitro benzene ring substituents is 1. The van der Waals surface area contributed by atoms with Gasteiger partial charge in [-0.15, -0.1) is 0 Å². The van der Waals surface area contributed by atoms with E-state index < -0.39 is 23.8 Å². The zero-order valence-corrected chi connectivity index (χ0v) is 29.2. The van der Waals surface area contributed by atoms with Crippen LogP contribution in [0.1, 0.15) is 39.3 Å². The van der Waals surface area contributed by atoms with E-state index in [1.807, 2.05) is 6.07 Å². The van der Waals surface area contributed by atoms with Crippen LogP contribution in [0.25, 0.3) is 21.8 Å². The van der Waals surface area contributed by atoms with Crippen molar-refractivity contribution in [1.82, 2.24) is 9.97 Å². The summed E-state index contributed by atoms with van der Waals surface area (Å²) in [4.78, 5) is 49.6. The number of halogens is 2. The molecule has 0 amide bonds. The summed E-state index contributed by atoms with van der Waals surface area (Å²) in [7, 11) is 9.87. The van der Waals surface area contributed by atoms with E-state index in [-0.39, 0.29) is 64.4 Å². The molecule has 0 spiro atoms. The molecule has 2 aromatic heterocycles. The molecular formula is C33H28Cl2N6O8Sn. The fourth-order valence-electron chi connectivity index (χ4n) is 5.42. The number of benzene rings is 4. The summed E-state index contributed by atoms with van der Waals surface area (Å²) in [5.41, 5.74) is 10.5. The van der Waals surface area contributed by atoms with Crippen LogP contribution in [0.2, 0.25) is 0 Å². The van der Waals surface area contributed by atoms with Gasteiger partial charge in [-0.05, 0) is 48.5 Å². The molecule has 0 saturated carbocycles. The predicted molar refractivity (Wildman–Crippen MR) is 196 cm³/mol. The Morgan fingerprint density at radius 2 is 1.14 bits per heavy atom. The zero-order valence-electron chi connectivity index (χ0n) is 24.8. The van der Waals surface area contributed by atoms with Crippen LogP contribution in [0, 0.1) is 10.1 Å². The van der Waals surface area contributed by atoms with Crippen molar-refractivity contribution in [2.75, 3.05) is 5.73 Å². The maximum absolute atomic E-state index is 12.5. The third kappa shape index (κ3) is 7.05. The Morgan fingerprint density at radius 1 is 0.720 bits per heavy atom. The van der Waals surface area contributed by atoms with Crippen LogP contribution in [0.4, 0.5) is 22.7 Å². The van der Waals surface area contributed by atoms with Crippen molar-refractivity contribution < 1.29 is 35.7 Å². The van der Waals surface area contributed by atoms with E-state index in [9.17, 15) is 29.9 Å². The monoisotopic (exact) mass is 826 g/mol. The fourth-order valence-corrected chi connectivity index (χ4v) is 5.42. The van der Waals surface area contributed by atoms with Gasteiger partial charge < -0.3 is 36.9 Å². The van der Waals surface area contributed by atoms with Gasteiger partial charge in [-0.3, -0.25) is 19.7 Å². The summed E-state index contributed by atoms with van der Waals surface area (Å²) in [6, 6.07) is 23.3. The number of hydrogen-bond donors (Lipinski definition) is 5. The topological polar surface area (TPSA) is 263 Å². The van der Waals surface area contributed by atoms with Crippen molar-refractivity contribution in [3.63, 3.8) is 0 Å². The number of H-pyrrole nitrogens is 2. The first-order valence-electron chi connectivity index (χ1n) is 13.6. The minimum atomic E-state index is -0.826. The first kappa shape index (κ1) is 39.2. The Bertz CT molecular complexity index is 2340. The van der Waals surface area contributed by atoms with Crippen LogP contribution in [0.5, 0.6) is 11.8 Å². The number of carbonyl (C=O) groups excluding carboxylic acids is 2. The Kier molecular flexibility index (Phi) is 12.5. The molecule has 0 saturated heterocycles. The molecule has 2 radical (unpaired) electrons. The van der Waals surface area contributed by atoms with Crippen LogP contribution in [-0.4, -0.2) is 77.9 Å². The first-order valence-corrected chi connectivity index (χ1v) is 20.9. The summed E-state index contributed by atoms with van der Waals surface area (Å²) in [6.07, 6.45) is 0. The molecule has 4 aromatic carbocycles.